The molecule has 0 unspecified atom stereocenters. The maximum absolute atomic E-state index is 12.4. The van der Waals surface area contributed by atoms with Gasteiger partial charge in [0.1, 0.15) is 5.69 Å². The smallest absolute Gasteiger partial charge is 0.272 e. The Morgan fingerprint density at radius 3 is 2.50 bits per heavy atom. The Labute approximate surface area is 148 Å². The van der Waals surface area contributed by atoms with Gasteiger partial charge in [-0.05, 0) is 40.2 Å². The Bertz CT molecular complexity index is 728. The molecular weight excluding hydrogens is 372 g/mol. The summed E-state index contributed by atoms with van der Waals surface area (Å²) in [6, 6.07) is 11.3. The lowest BCUT2D eigenvalue weighted by Gasteiger charge is -2.32. The van der Waals surface area contributed by atoms with E-state index in [1.54, 1.807) is 22.1 Å². The third-order valence-corrected chi connectivity index (χ3v) is 4.58. The van der Waals surface area contributed by atoms with Crippen LogP contribution < -0.4 is 5.32 Å². The molecule has 0 atom stereocenters. The summed E-state index contributed by atoms with van der Waals surface area (Å²) < 4.78 is 0.957. The molecule has 3 rings (SSSR count). The number of anilines is 2. The average Bonchev–Trinajstić information content (AvgIpc) is 2.64. The second kappa shape index (κ2) is 7.44. The molecule has 2 amide bonds. The van der Waals surface area contributed by atoms with E-state index >= 15 is 0 Å². The fourth-order valence-electron chi connectivity index (χ4n) is 2.50. The first-order valence-corrected chi connectivity index (χ1v) is 8.43. The van der Waals surface area contributed by atoms with Crippen molar-refractivity contribution in [2.24, 2.45) is 0 Å². The third-order valence-electron chi connectivity index (χ3n) is 3.89. The van der Waals surface area contributed by atoms with Gasteiger partial charge in [-0.25, -0.2) is 4.98 Å². The van der Waals surface area contributed by atoms with Crippen LogP contribution in [0.5, 0.6) is 0 Å². The van der Waals surface area contributed by atoms with Crippen molar-refractivity contribution in [3.8, 4) is 0 Å². The van der Waals surface area contributed by atoms with Gasteiger partial charge in [0.25, 0.3) is 5.91 Å². The first-order valence-electron chi connectivity index (χ1n) is 7.63. The summed E-state index contributed by atoms with van der Waals surface area (Å²) in [5, 5.41) is 3.25. The van der Waals surface area contributed by atoms with E-state index in [9.17, 15) is 9.59 Å². The van der Waals surface area contributed by atoms with Crippen molar-refractivity contribution in [2.45, 2.75) is 0 Å². The number of para-hydroxylation sites is 1. The van der Waals surface area contributed by atoms with E-state index in [-0.39, 0.29) is 5.91 Å². The van der Waals surface area contributed by atoms with Crippen molar-refractivity contribution in [2.75, 3.05) is 31.5 Å². The topological polar surface area (TPSA) is 65.5 Å². The van der Waals surface area contributed by atoms with Gasteiger partial charge >= 0.3 is 0 Å². The Kier molecular flexibility index (Phi) is 5.10. The molecule has 124 valence electrons. The second-order valence-corrected chi connectivity index (χ2v) is 6.32. The second-order valence-electron chi connectivity index (χ2n) is 5.47. The SMILES string of the molecule is O=CN1CCN(C(=O)c2ccc(Nc3ccccc3Br)cn2)CC1. The van der Waals surface area contributed by atoms with Crippen LogP contribution in [-0.4, -0.2) is 53.3 Å². The minimum Gasteiger partial charge on any atom is -0.353 e. The molecule has 0 spiro atoms. The van der Waals surface area contributed by atoms with E-state index in [1.807, 2.05) is 30.3 Å². The van der Waals surface area contributed by atoms with E-state index in [0.717, 1.165) is 22.3 Å². The summed E-state index contributed by atoms with van der Waals surface area (Å²) in [5.74, 6) is -0.104. The van der Waals surface area contributed by atoms with Crippen LogP contribution >= 0.6 is 15.9 Å². The van der Waals surface area contributed by atoms with E-state index in [2.05, 4.69) is 26.2 Å². The molecule has 0 bridgehead atoms. The highest BCUT2D eigenvalue weighted by Crippen LogP contribution is 2.25. The largest absolute Gasteiger partial charge is 0.353 e. The summed E-state index contributed by atoms with van der Waals surface area (Å²) in [6.07, 6.45) is 2.47. The van der Waals surface area contributed by atoms with Crippen LogP contribution in [0, 0.1) is 0 Å². The van der Waals surface area contributed by atoms with Crippen molar-refractivity contribution in [3.63, 3.8) is 0 Å². The number of pyridine rings is 1. The van der Waals surface area contributed by atoms with Crippen LogP contribution in [0.15, 0.2) is 47.1 Å². The lowest BCUT2D eigenvalue weighted by Crippen LogP contribution is -2.48. The van der Waals surface area contributed by atoms with Gasteiger partial charge in [0.15, 0.2) is 0 Å². The van der Waals surface area contributed by atoms with Crippen LogP contribution in [0.3, 0.4) is 0 Å². The fourth-order valence-corrected chi connectivity index (χ4v) is 2.89. The molecule has 2 heterocycles. The van der Waals surface area contributed by atoms with Crippen LogP contribution in [0.2, 0.25) is 0 Å². The number of hydrogen-bond donors (Lipinski definition) is 1. The number of benzene rings is 1. The molecular formula is C17H17BrN4O2. The van der Waals surface area contributed by atoms with Crippen molar-refractivity contribution in [3.05, 3.63) is 52.8 Å². The van der Waals surface area contributed by atoms with Crippen molar-refractivity contribution < 1.29 is 9.59 Å². The number of nitrogens with one attached hydrogen (secondary N) is 1. The summed E-state index contributed by atoms with van der Waals surface area (Å²) in [6.45, 7) is 2.21. The predicted molar refractivity (Wildman–Crippen MR) is 95.2 cm³/mol. The Morgan fingerprint density at radius 2 is 1.88 bits per heavy atom. The van der Waals surface area contributed by atoms with Gasteiger partial charge in [0, 0.05) is 30.7 Å². The lowest BCUT2D eigenvalue weighted by molar-refractivity contribution is -0.119. The number of hydrogen-bond acceptors (Lipinski definition) is 4. The van der Waals surface area contributed by atoms with Gasteiger partial charge in [-0.15, -0.1) is 0 Å². The number of rotatable bonds is 4. The van der Waals surface area contributed by atoms with Gasteiger partial charge in [-0.2, -0.15) is 0 Å². The molecule has 1 N–H and O–H groups in total. The zero-order chi connectivity index (χ0) is 16.9. The molecule has 0 saturated carbocycles. The van der Waals surface area contributed by atoms with Crippen LogP contribution in [0.25, 0.3) is 0 Å². The normalized spacial score (nSPS) is 14.4. The molecule has 7 heteroatoms. The first kappa shape index (κ1) is 16.4. The van der Waals surface area contributed by atoms with Gasteiger partial charge in [-0.3, -0.25) is 9.59 Å². The molecule has 6 nitrogen and oxygen atoms in total. The van der Waals surface area contributed by atoms with E-state index in [4.69, 9.17) is 0 Å². The molecule has 1 saturated heterocycles. The zero-order valence-electron chi connectivity index (χ0n) is 13.0. The van der Waals surface area contributed by atoms with Crippen molar-refractivity contribution in [1.29, 1.82) is 0 Å². The summed E-state index contributed by atoms with van der Waals surface area (Å²) >= 11 is 3.48. The van der Waals surface area contributed by atoms with E-state index in [0.29, 0.717) is 31.9 Å². The Morgan fingerprint density at radius 1 is 1.12 bits per heavy atom. The number of carbonyl (C=O) groups is 2. The maximum atomic E-state index is 12.4. The first-order chi connectivity index (χ1) is 11.7. The lowest BCUT2D eigenvalue weighted by atomic mass is 10.2. The van der Waals surface area contributed by atoms with Crippen LogP contribution in [-0.2, 0) is 4.79 Å². The average molecular weight is 389 g/mol. The summed E-state index contributed by atoms with van der Waals surface area (Å²) in [4.78, 5) is 30.8. The number of nitrogens with zero attached hydrogens (tertiary/aromatic N) is 3. The number of carbonyl (C=O) groups excluding carboxylic acids is 2. The molecule has 0 aliphatic carbocycles. The van der Waals surface area contributed by atoms with E-state index < -0.39 is 0 Å². The van der Waals surface area contributed by atoms with Gasteiger partial charge in [-0.1, -0.05) is 12.1 Å². The molecule has 0 radical (unpaired) electrons. The number of halogens is 1. The van der Waals surface area contributed by atoms with Crippen LogP contribution in [0.4, 0.5) is 11.4 Å². The zero-order valence-corrected chi connectivity index (χ0v) is 14.6. The van der Waals surface area contributed by atoms with Gasteiger partial charge in [0.2, 0.25) is 6.41 Å². The Balaban J connectivity index is 1.65. The molecule has 1 aliphatic rings. The molecule has 24 heavy (non-hydrogen) atoms. The molecule has 1 fully saturated rings. The number of piperazine rings is 1. The fraction of sp³-hybridized carbons (Fsp3) is 0.235. The number of aromatic nitrogens is 1. The summed E-state index contributed by atoms with van der Waals surface area (Å²) in [5.41, 5.74) is 2.15. The Hall–Kier alpha value is -2.41. The molecule has 1 aromatic carbocycles. The maximum Gasteiger partial charge on any atom is 0.272 e. The highest BCUT2D eigenvalue weighted by molar-refractivity contribution is 9.10. The molecule has 2 aromatic rings. The van der Waals surface area contributed by atoms with Crippen molar-refractivity contribution in [1.82, 2.24) is 14.8 Å². The number of amides is 2. The summed E-state index contributed by atoms with van der Waals surface area (Å²) in [7, 11) is 0. The quantitative estimate of drug-likeness (QED) is 0.817. The molecule has 1 aromatic heterocycles. The van der Waals surface area contributed by atoms with Gasteiger partial charge in [0.05, 0.1) is 17.6 Å². The highest BCUT2D eigenvalue weighted by atomic mass is 79.9. The predicted octanol–water partition coefficient (Wildman–Crippen LogP) is 2.50. The molecule has 1 aliphatic heterocycles. The van der Waals surface area contributed by atoms with E-state index in [1.165, 1.54) is 0 Å². The standard InChI is InChI=1S/C17H17BrN4O2/c18-14-3-1-2-4-15(14)20-13-5-6-16(19-11-13)17(24)22-9-7-21(12-23)8-10-22/h1-6,11-12,20H,7-10H2. The highest BCUT2D eigenvalue weighted by Gasteiger charge is 2.22. The van der Waals surface area contributed by atoms with Gasteiger partial charge < -0.3 is 15.1 Å². The van der Waals surface area contributed by atoms with Crippen LogP contribution in [0.1, 0.15) is 10.5 Å². The minimum atomic E-state index is -0.104. The monoisotopic (exact) mass is 388 g/mol. The van der Waals surface area contributed by atoms with Crippen molar-refractivity contribution >= 4 is 39.6 Å². The third kappa shape index (κ3) is 3.73. The minimum absolute atomic E-state index is 0.104.